The molecular weight excluding hydrogens is 404 g/mol. The SMILES string of the molecule is CCNC(=O)c1ccc(N2c3ncc(C(=O)N4CCC(F)(F)CC4)cc3CC2C)cn1. The van der Waals surface area contributed by atoms with Crippen LogP contribution in [0.2, 0.25) is 0 Å². The van der Waals surface area contributed by atoms with Crippen LogP contribution in [0.1, 0.15) is 53.1 Å². The first-order chi connectivity index (χ1) is 14.8. The summed E-state index contributed by atoms with van der Waals surface area (Å²) in [6, 6.07) is 5.41. The highest BCUT2D eigenvalue weighted by Gasteiger charge is 2.36. The number of nitrogens with zero attached hydrogens (tertiary/aromatic N) is 4. The van der Waals surface area contributed by atoms with Crippen LogP contribution in [0.25, 0.3) is 0 Å². The summed E-state index contributed by atoms with van der Waals surface area (Å²) in [4.78, 5) is 37.0. The predicted octanol–water partition coefficient (Wildman–Crippen LogP) is 3.18. The van der Waals surface area contributed by atoms with Gasteiger partial charge in [-0.1, -0.05) is 0 Å². The summed E-state index contributed by atoms with van der Waals surface area (Å²) in [5, 5.41) is 2.72. The first kappa shape index (κ1) is 21.1. The van der Waals surface area contributed by atoms with Gasteiger partial charge >= 0.3 is 0 Å². The number of carbonyl (C=O) groups excluding carboxylic acids is 2. The normalized spacial score (nSPS) is 19.8. The molecule has 2 aliphatic heterocycles. The molecule has 2 aromatic rings. The highest BCUT2D eigenvalue weighted by molar-refractivity contribution is 5.95. The number of anilines is 2. The third kappa shape index (κ3) is 4.22. The molecule has 2 aliphatic rings. The van der Waals surface area contributed by atoms with Crippen molar-refractivity contribution < 1.29 is 18.4 Å². The number of amides is 2. The molecule has 4 rings (SSSR count). The van der Waals surface area contributed by atoms with E-state index in [1.165, 1.54) is 11.1 Å². The molecule has 7 nitrogen and oxygen atoms in total. The lowest BCUT2D eigenvalue weighted by molar-refractivity contribution is -0.0494. The van der Waals surface area contributed by atoms with Crippen LogP contribution in [-0.4, -0.2) is 58.3 Å². The minimum absolute atomic E-state index is 0.0507. The number of pyridine rings is 2. The fraction of sp³-hybridized carbons (Fsp3) is 0.455. The van der Waals surface area contributed by atoms with Gasteiger partial charge in [-0.15, -0.1) is 0 Å². The van der Waals surface area contributed by atoms with Crippen molar-refractivity contribution >= 4 is 23.3 Å². The molecule has 0 bridgehead atoms. The Hall–Kier alpha value is -3.10. The molecule has 0 aliphatic carbocycles. The van der Waals surface area contributed by atoms with Crippen molar-refractivity contribution in [3.05, 3.63) is 47.4 Å². The summed E-state index contributed by atoms with van der Waals surface area (Å²) in [5.74, 6) is -2.43. The van der Waals surface area contributed by atoms with E-state index in [1.807, 2.05) is 30.9 Å². The average molecular weight is 429 g/mol. The summed E-state index contributed by atoms with van der Waals surface area (Å²) < 4.78 is 26.8. The average Bonchev–Trinajstić information content (AvgIpc) is 3.08. The Bertz CT molecular complexity index is 986. The number of rotatable bonds is 4. The van der Waals surface area contributed by atoms with Crippen LogP contribution < -0.4 is 10.2 Å². The van der Waals surface area contributed by atoms with Gasteiger partial charge in [-0.3, -0.25) is 9.59 Å². The van der Waals surface area contributed by atoms with Gasteiger partial charge in [0.25, 0.3) is 17.7 Å². The molecule has 1 N–H and O–H groups in total. The number of nitrogens with one attached hydrogen (secondary N) is 1. The number of hydrogen-bond acceptors (Lipinski definition) is 5. The highest BCUT2D eigenvalue weighted by atomic mass is 19.3. The zero-order valence-electron chi connectivity index (χ0n) is 17.6. The third-order valence-corrected chi connectivity index (χ3v) is 5.75. The lowest BCUT2D eigenvalue weighted by Gasteiger charge is -2.31. The molecule has 9 heteroatoms. The van der Waals surface area contributed by atoms with Crippen LogP contribution in [0.3, 0.4) is 0 Å². The minimum atomic E-state index is -2.69. The number of alkyl halides is 2. The highest BCUT2D eigenvalue weighted by Crippen LogP contribution is 2.37. The van der Waals surface area contributed by atoms with E-state index in [0.717, 1.165) is 17.1 Å². The summed E-state index contributed by atoms with van der Waals surface area (Å²) in [6.07, 6.45) is 3.24. The van der Waals surface area contributed by atoms with Gasteiger partial charge in [0.1, 0.15) is 11.5 Å². The van der Waals surface area contributed by atoms with Gasteiger partial charge in [-0.2, -0.15) is 0 Å². The first-order valence-electron chi connectivity index (χ1n) is 10.5. The maximum Gasteiger partial charge on any atom is 0.269 e. The van der Waals surface area contributed by atoms with E-state index < -0.39 is 5.92 Å². The van der Waals surface area contributed by atoms with Crippen molar-refractivity contribution in [2.45, 2.75) is 45.1 Å². The molecule has 4 heterocycles. The Balaban J connectivity index is 1.53. The summed E-state index contributed by atoms with van der Waals surface area (Å²) in [7, 11) is 0. The first-order valence-corrected chi connectivity index (χ1v) is 10.5. The Morgan fingerprint density at radius 1 is 1.19 bits per heavy atom. The van der Waals surface area contributed by atoms with Gasteiger partial charge < -0.3 is 15.1 Å². The van der Waals surface area contributed by atoms with Crippen LogP contribution in [0.4, 0.5) is 20.3 Å². The molecule has 0 spiro atoms. The number of carbonyl (C=O) groups is 2. The number of halogens is 2. The van der Waals surface area contributed by atoms with E-state index in [4.69, 9.17) is 0 Å². The number of hydrogen-bond donors (Lipinski definition) is 1. The third-order valence-electron chi connectivity index (χ3n) is 5.75. The smallest absolute Gasteiger partial charge is 0.269 e. The van der Waals surface area contributed by atoms with Crippen LogP contribution in [-0.2, 0) is 6.42 Å². The number of likely N-dealkylation sites (tertiary alicyclic amines) is 1. The van der Waals surface area contributed by atoms with Crippen molar-refractivity contribution in [1.29, 1.82) is 0 Å². The standard InChI is InChI=1S/C22H25F2N5O2/c1-3-25-20(30)18-5-4-17(13-26-18)29-14(2)10-15-11-16(12-27-19(15)29)21(31)28-8-6-22(23,24)7-9-28/h4-5,11-14H,3,6-10H2,1-2H3,(H,25,30). The number of fused-ring (bicyclic) bond motifs is 1. The maximum atomic E-state index is 13.4. The van der Waals surface area contributed by atoms with Gasteiger partial charge in [0.15, 0.2) is 0 Å². The maximum absolute atomic E-state index is 13.4. The predicted molar refractivity (Wildman–Crippen MR) is 112 cm³/mol. The second kappa shape index (κ2) is 8.20. The van der Waals surface area contributed by atoms with Gasteiger partial charge in [0.05, 0.1) is 17.4 Å². The Morgan fingerprint density at radius 2 is 1.94 bits per heavy atom. The van der Waals surface area contributed by atoms with Gasteiger partial charge in [0.2, 0.25) is 0 Å². The van der Waals surface area contributed by atoms with E-state index in [9.17, 15) is 18.4 Å². The zero-order chi connectivity index (χ0) is 22.2. The Labute approximate surface area is 179 Å². The molecule has 1 saturated heterocycles. The molecule has 164 valence electrons. The summed E-state index contributed by atoms with van der Waals surface area (Å²) in [6.45, 7) is 4.53. The molecule has 2 aromatic heterocycles. The monoisotopic (exact) mass is 429 g/mol. The van der Waals surface area contributed by atoms with E-state index >= 15 is 0 Å². The van der Waals surface area contributed by atoms with Crippen LogP contribution in [0.5, 0.6) is 0 Å². The van der Waals surface area contributed by atoms with E-state index in [0.29, 0.717) is 24.2 Å². The van der Waals surface area contributed by atoms with Crippen LogP contribution in [0.15, 0.2) is 30.6 Å². The quantitative estimate of drug-likeness (QED) is 0.808. The van der Waals surface area contributed by atoms with Gasteiger partial charge in [0, 0.05) is 44.7 Å². The lowest BCUT2D eigenvalue weighted by atomic mass is 10.0. The van der Waals surface area contributed by atoms with Gasteiger partial charge in [-0.05, 0) is 44.0 Å². The van der Waals surface area contributed by atoms with Crippen molar-refractivity contribution in [3.63, 3.8) is 0 Å². The Kier molecular flexibility index (Phi) is 5.60. The van der Waals surface area contributed by atoms with Crippen molar-refractivity contribution in [2.75, 3.05) is 24.5 Å². The van der Waals surface area contributed by atoms with Gasteiger partial charge in [-0.25, -0.2) is 18.7 Å². The minimum Gasteiger partial charge on any atom is -0.351 e. The molecule has 0 saturated carbocycles. The molecule has 1 fully saturated rings. The molecular formula is C22H25F2N5O2. The zero-order valence-corrected chi connectivity index (χ0v) is 17.6. The van der Waals surface area contributed by atoms with Crippen LogP contribution >= 0.6 is 0 Å². The second-order valence-electron chi connectivity index (χ2n) is 8.04. The molecule has 1 atom stereocenters. The van der Waals surface area contributed by atoms with E-state index in [1.54, 1.807) is 12.3 Å². The molecule has 1 unspecified atom stereocenters. The molecule has 2 amide bonds. The Morgan fingerprint density at radius 3 is 2.58 bits per heavy atom. The van der Waals surface area contributed by atoms with Crippen molar-refractivity contribution in [2.24, 2.45) is 0 Å². The van der Waals surface area contributed by atoms with Crippen molar-refractivity contribution in [1.82, 2.24) is 20.2 Å². The largest absolute Gasteiger partial charge is 0.351 e. The fourth-order valence-corrected chi connectivity index (χ4v) is 4.12. The number of aromatic nitrogens is 2. The number of piperidine rings is 1. The second-order valence-corrected chi connectivity index (χ2v) is 8.04. The molecule has 0 radical (unpaired) electrons. The van der Waals surface area contributed by atoms with Crippen LogP contribution in [0, 0.1) is 0 Å². The lowest BCUT2D eigenvalue weighted by Crippen LogP contribution is -2.42. The van der Waals surface area contributed by atoms with E-state index in [2.05, 4.69) is 15.3 Å². The topological polar surface area (TPSA) is 78.4 Å². The molecule has 31 heavy (non-hydrogen) atoms. The molecule has 0 aromatic carbocycles. The summed E-state index contributed by atoms with van der Waals surface area (Å²) >= 11 is 0. The summed E-state index contributed by atoms with van der Waals surface area (Å²) in [5.41, 5.74) is 2.50. The van der Waals surface area contributed by atoms with Crippen molar-refractivity contribution in [3.8, 4) is 0 Å². The van der Waals surface area contributed by atoms with E-state index in [-0.39, 0.29) is 43.8 Å². The fourth-order valence-electron chi connectivity index (χ4n) is 4.12.